The van der Waals surface area contributed by atoms with Crippen molar-refractivity contribution in [3.8, 4) is 10.4 Å². The van der Waals surface area contributed by atoms with E-state index in [0.29, 0.717) is 5.13 Å². The Labute approximate surface area is 122 Å². The van der Waals surface area contributed by atoms with Gasteiger partial charge in [-0.3, -0.25) is 10.1 Å². The number of anilines is 1. The third-order valence-electron chi connectivity index (χ3n) is 2.61. The summed E-state index contributed by atoms with van der Waals surface area (Å²) < 4.78 is 0. The molecule has 0 aliphatic heterocycles. The Kier molecular flexibility index (Phi) is 4.85. The SMILES string of the molecule is CC=CC=CC(=O)Nc1nc(C)c(-c2ccccc2)s1. The molecule has 0 aliphatic carbocycles. The number of nitrogens with one attached hydrogen (secondary N) is 1. The van der Waals surface area contributed by atoms with Gasteiger partial charge in [-0.25, -0.2) is 4.98 Å². The lowest BCUT2D eigenvalue weighted by molar-refractivity contribution is -0.111. The van der Waals surface area contributed by atoms with Crippen LogP contribution in [0.4, 0.5) is 5.13 Å². The van der Waals surface area contributed by atoms with Gasteiger partial charge < -0.3 is 0 Å². The highest BCUT2D eigenvalue weighted by molar-refractivity contribution is 7.19. The van der Waals surface area contributed by atoms with Gasteiger partial charge in [0.1, 0.15) is 0 Å². The molecule has 3 nitrogen and oxygen atoms in total. The van der Waals surface area contributed by atoms with Gasteiger partial charge in [-0.1, -0.05) is 59.9 Å². The number of carbonyl (C=O) groups is 1. The lowest BCUT2D eigenvalue weighted by atomic mass is 10.2. The molecule has 0 aliphatic rings. The molecule has 0 saturated carbocycles. The van der Waals surface area contributed by atoms with Crippen LogP contribution in [0.2, 0.25) is 0 Å². The predicted octanol–water partition coefficient (Wildman–Crippen LogP) is 4.19. The van der Waals surface area contributed by atoms with Gasteiger partial charge in [-0.2, -0.15) is 0 Å². The number of rotatable bonds is 4. The van der Waals surface area contributed by atoms with Crippen molar-refractivity contribution in [1.82, 2.24) is 4.98 Å². The van der Waals surface area contributed by atoms with E-state index in [1.807, 2.05) is 56.3 Å². The van der Waals surface area contributed by atoms with Crippen molar-refractivity contribution in [3.63, 3.8) is 0 Å². The molecule has 0 fully saturated rings. The van der Waals surface area contributed by atoms with Gasteiger partial charge in [0.25, 0.3) is 0 Å². The van der Waals surface area contributed by atoms with Gasteiger partial charge in [0.2, 0.25) is 5.91 Å². The maximum absolute atomic E-state index is 11.7. The van der Waals surface area contributed by atoms with Gasteiger partial charge in [0, 0.05) is 6.08 Å². The molecule has 0 unspecified atom stereocenters. The van der Waals surface area contributed by atoms with Crippen molar-refractivity contribution in [2.45, 2.75) is 13.8 Å². The van der Waals surface area contributed by atoms with Crippen LogP contribution >= 0.6 is 11.3 Å². The van der Waals surface area contributed by atoms with Crippen LogP contribution in [0.1, 0.15) is 12.6 Å². The Morgan fingerprint density at radius 2 is 2.00 bits per heavy atom. The van der Waals surface area contributed by atoms with E-state index in [0.717, 1.165) is 16.1 Å². The minimum Gasteiger partial charge on any atom is -0.298 e. The summed E-state index contributed by atoms with van der Waals surface area (Å²) in [6, 6.07) is 10.0. The number of hydrogen-bond acceptors (Lipinski definition) is 3. The Hall–Kier alpha value is -2.20. The zero-order valence-corrected chi connectivity index (χ0v) is 12.3. The standard InChI is InChI=1S/C16H16N2OS/c1-3-4-6-11-14(19)18-16-17-12(2)15(20-16)13-9-7-5-8-10-13/h3-11H,1-2H3,(H,17,18,19). The Morgan fingerprint density at radius 3 is 2.70 bits per heavy atom. The predicted molar refractivity (Wildman–Crippen MR) is 84.9 cm³/mol. The Bertz CT molecular complexity index is 642. The number of benzene rings is 1. The lowest BCUT2D eigenvalue weighted by Gasteiger charge is -1.96. The first-order valence-electron chi connectivity index (χ1n) is 6.34. The fourth-order valence-electron chi connectivity index (χ4n) is 1.71. The molecule has 0 saturated heterocycles. The van der Waals surface area contributed by atoms with Crippen molar-refractivity contribution in [2.75, 3.05) is 5.32 Å². The summed E-state index contributed by atoms with van der Waals surface area (Å²) in [5, 5.41) is 3.40. The molecular formula is C16H16N2OS. The number of thiazole rings is 1. The first kappa shape index (κ1) is 14.2. The normalized spacial score (nSPS) is 11.3. The molecule has 1 aromatic carbocycles. The molecule has 1 amide bonds. The summed E-state index contributed by atoms with van der Waals surface area (Å²) >= 11 is 1.49. The number of carbonyl (C=O) groups excluding carboxylic acids is 1. The minimum atomic E-state index is -0.170. The first-order valence-corrected chi connectivity index (χ1v) is 7.15. The highest BCUT2D eigenvalue weighted by Gasteiger charge is 2.10. The van der Waals surface area contributed by atoms with Crippen molar-refractivity contribution in [1.29, 1.82) is 0 Å². The molecule has 1 heterocycles. The van der Waals surface area contributed by atoms with E-state index in [9.17, 15) is 4.79 Å². The van der Waals surface area contributed by atoms with Crippen LogP contribution in [-0.2, 0) is 4.79 Å². The minimum absolute atomic E-state index is 0.170. The van der Waals surface area contributed by atoms with E-state index in [-0.39, 0.29) is 5.91 Å². The maximum atomic E-state index is 11.7. The largest absolute Gasteiger partial charge is 0.298 e. The molecule has 102 valence electrons. The molecule has 2 rings (SSSR count). The quantitative estimate of drug-likeness (QED) is 0.675. The first-order chi connectivity index (χ1) is 9.70. The number of hydrogen-bond donors (Lipinski definition) is 1. The number of nitrogens with zero attached hydrogens (tertiary/aromatic N) is 1. The van der Waals surface area contributed by atoms with Crippen LogP contribution in [0.5, 0.6) is 0 Å². The topological polar surface area (TPSA) is 42.0 Å². The third-order valence-corrected chi connectivity index (χ3v) is 3.74. The molecular weight excluding hydrogens is 268 g/mol. The van der Waals surface area contributed by atoms with E-state index in [1.165, 1.54) is 17.4 Å². The fourth-order valence-corrected chi connectivity index (χ4v) is 2.68. The molecule has 4 heteroatoms. The van der Waals surface area contributed by atoms with Crippen LogP contribution < -0.4 is 5.32 Å². The Morgan fingerprint density at radius 1 is 1.25 bits per heavy atom. The smallest absolute Gasteiger partial charge is 0.250 e. The van der Waals surface area contributed by atoms with Crippen LogP contribution in [0.15, 0.2) is 54.6 Å². The number of aromatic nitrogens is 1. The van der Waals surface area contributed by atoms with Gasteiger partial charge >= 0.3 is 0 Å². The van der Waals surface area contributed by atoms with E-state index in [1.54, 1.807) is 6.08 Å². The summed E-state index contributed by atoms with van der Waals surface area (Å²) in [5.74, 6) is -0.170. The number of allylic oxidation sites excluding steroid dienone is 3. The van der Waals surface area contributed by atoms with Gasteiger partial charge in [-0.05, 0) is 19.4 Å². The van der Waals surface area contributed by atoms with Crippen molar-refractivity contribution in [2.24, 2.45) is 0 Å². The average molecular weight is 284 g/mol. The molecule has 1 aromatic heterocycles. The van der Waals surface area contributed by atoms with E-state index in [4.69, 9.17) is 0 Å². The number of amides is 1. The van der Waals surface area contributed by atoms with Crippen LogP contribution in [0.3, 0.4) is 0 Å². The number of aryl methyl sites for hydroxylation is 1. The second-order valence-corrected chi connectivity index (χ2v) is 5.17. The summed E-state index contributed by atoms with van der Waals surface area (Å²) in [6.07, 6.45) is 6.86. The zero-order chi connectivity index (χ0) is 14.4. The van der Waals surface area contributed by atoms with Crippen LogP contribution in [-0.4, -0.2) is 10.9 Å². The van der Waals surface area contributed by atoms with Crippen LogP contribution in [0.25, 0.3) is 10.4 Å². The molecule has 0 atom stereocenters. The second kappa shape index (κ2) is 6.82. The highest BCUT2D eigenvalue weighted by atomic mass is 32.1. The molecule has 0 radical (unpaired) electrons. The fraction of sp³-hybridized carbons (Fsp3) is 0.125. The lowest BCUT2D eigenvalue weighted by Crippen LogP contribution is -2.07. The summed E-state index contributed by atoms with van der Waals surface area (Å²) in [7, 11) is 0. The van der Waals surface area contributed by atoms with Gasteiger partial charge in [0.15, 0.2) is 5.13 Å². The Balaban J connectivity index is 2.14. The van der Waals surface area contributed by atoms with Crippen molar-refractivity contribution in [3.05, 3.63) is 60.3 Å². The summed E-state index contributed by atoms with van der Waals surface area (Å²) in [6.45, 7) is 3.85. The monoisotopic (exact) mass is 284 g/mol. The molecule has 1 N–H and O–H groups in total. The summed E-state index contributed by atoms with van der Waals surface area (Å²) in [4.78, 5) is 17.2. The summed E-state index contributed by atoms with van der Waals surface area (Å²) in [5.41, 5.74) is 2.04. The zero-order valence-electron chi connectivity index (χ0n) is 11.5. The maximum Gasteiger partial charge on any atom is 0.250 e. The van der Waals surface area contributed by atoms with Gasteiger partial charge in [-0.15, -0.1) is 0 Å². The van der Waals surface area contributed by atoms with E-state index < -0.39 is 0 Å². The van der Waals surface area contributed by atoms with E-state index in [2.05, 4.69) is 10.3 Å². The molecule has 20 heavy (non-hydrogen) atoms. The van der Waals surface area contributed by atoms with E-state index >= 15 is 0 Å². The van der Waals surface area contributed by atoms with Crippen molar-refractivity contribution < 1.29 is 4.79 Å². The van der Waals surface area contributed by atoms with Crippen LogP contribution in [0, 0.1) is 6.92 Å². The van der Waals surface area contributed by atoms with Crippen molar-refractivity contribution >= 4 is 22.4 Å². The average Bonchev–Trinajstić information content (AvgIpc) is 2.81. The molecule has 0 bridgehead atoms. The molecule has 0 spiro atoms. The highest BCUT2D eigenvalue weighted by Crippen LogP contribution is 2.32. The second-order valence-electron chi connectivity index (χ2n) is 4.17. The molecule has 2 aromatic rings. The van der Waals surface area contributed by atoms with Gasteiger partial charge in [0.05, 0.1) is 10.6 Å². The third kappa shape index (κ3) is 3.65.